The topological polar surface area (TPSA) is 52.8 Å². The SMILES string of the molecule is CCO/C=C/c1ccc2ncc(C(=O)OCC)n2c1. The number of ether oxygens (including phenoxy) is 2. The van der Waals surface area contributed by atoms with Crippen molar-refractivity contribution in [3.05, 3.63) is 42.0 Å². The van der Waals surface area contributed by atoms with Gasteiger partial charge in [0.05, 0.1) is 25.7 Å². The van der Waals surface area contributed by atoms with Crippen LogP contribution >= 0.6 is 0 Å². The molecule has 0 fully saturated rings. The van der Waals surface area contributed by atoms with Crippen molar-refractivity contribution in [2.45, 2.75) is 13.8 Å². The van der Waals surface area contributed by atoms with Gasteiger partial charge in [-0.2, -0.15) is 0 Å². The lowest BCUT2D eigenvalue weighted by molar-refractivity contribution is 0.0518. The van der Waals surface area contributed by atoms with E-state index in [-0.39, 0.29) is 5.97 Å². The minimum Gasteiger partial charge on any atom is -0.501 e. The second kappa shape index (κ2) is 6.04. The molecular weight excluding hydrogens is 244 g/mol. The largest absolute Gasteiger partial charge is 0.501 e. The van der Waals surface area contributed by atoms with E-state index in [1.54, 1.807) is 17.6 Å². The summed E-state index contributed by atoms with van der Waals surface area (Å²) in [4.78, 5) is 15.9. The lowest BCUT2D eigenvalue weighted by Gasteiger charge is -2.02. The molecule has 5 heteroatoms. The number of hydrogen-bond donors (Lipinski definition) is 0. The van der Waals surface area contributed by atoms with Crippen LogP contribution in [0.1, 0.15) is 29.9 Å². The Labute approximate surface area is 111 Å². The van der Waals surface area contributed by atoms with Crippen LogP contribution in [0.3, 0.4) is 0 Å². The summed E-state index contributed by atoms with van der Waals surface area (Å²) in [6, 6.07) is 3.75. The minimum atomic E-state index is -0.374. The van der Waals surface area contributed by atoms with Gasteiger partial charge >= 0.3 is 5.97 Å². The van der Waals surface area contributed by atoms with Crippen molar-refractivity contribution in [1.82, 2.24) is 9.38 Å². The average Bonchev–Trinajstić information content (AvgIpc) is 2.82. The molecular formula is C14H16N2O3. The Morgan fingerprint density at radius 3 is 2.95 bits per heavy atom. The predicted octanol–water partition coefficient (Wildman–Crippen LogP) is 2.52. The first kappa shape index (κ1) is 13.1. The van der Waals surface area contributed by atoms with E-state index >= 15 is 0 Å². The number of rotatable bonds is 5. The number of carbonyl (C=O) groups excluding carboxylic acids is 1. The molecule has 0 N–H and O–H groups in total. The van der Waals surface area contributed by atoms with Crippen LogP contribution < -0.4 is 0 Å². The number of carbonyl (C=O) groups is 1. The van der Waals surface area contributed by atoms with Crippen LogP contribution in [-0.4, -0.2) is 28.6 Å². The minimum absolute atomic E-state index is 0.343. The molecule has 0 spiro atoms. The van der Waals surface area contributed by atoms with Gasteiger partial charge in [-0.05, 0) is 37.6 Å². The fourth-order valence-corrected chi connectivity index (χ4v) is 1.67. The number of aromatic nitrogens is 2. The van der Waals surface area contributed by atoms with Gasteiger partial charge in [0.25, 0.3) is 0 Å². The molecule has 0 saturated carbocycles. The normalized spacial score (nSPS) is 11.1. The Morgan fingerprint density at radius 2 is 2.21 bits per heavy atom. The molecule has 19 heavy (non-hydrogen) atoms. The van der Waals surface area contributed by atoms with Crippen molar-refractivity contribution in [3.63, 3.8) is 0 Å². The van der Waals surface area contributed by atoms with Gasteiger partial charge in [-0.1, -0.05) is 0 Å². The zero-order chi connectivity index (χ0) is 13.7. The molecule has 0 aliphatic rings. The van der Waals surface area contributed by atoms with Crippen LogP contribution in [0.2, 0.25) is 0 Å². The molecule has 0 unspecified atom stereocenters. The fourth-order valence-electron chi connectivity index (χ4n) is 1.67. The van der Waals surface area contributed by atoms with Crippen LogP contribution in [0.5, 0.6) is 0 Å². The second-order valence-corrected chi connectivity index (χ2v) is 3.81. The van der Waals surface area contributed by atoms with E-state index in [1.165, 1.54) is 6.20 Å². The first-order valence-corrected chi connectivity index (χ1v) is 6.18. The molecule has 0 aliphatic carbocycles. The van der Waals surface area contributed by atoms with Crippen molar-refractivity contribution >= 4 is 17.7 Å². The van der Waals surface area contributed by atoms with Crippen LogP contribution in [0.15, 0.2) is 30.8 Å². The molecule has 0 atom stereocenters. The Kier molecular flexibility index (Phi) is 4.18. The van der Waals surface area contributed by atoms with Gasteiger partial charge in [-0.3, -0.25) is 4.40 Å². The van der Waals surface area contributed by atoms with Gasteiger partial charge < -0.3 is 9.47 Å². The van der Waals surface area contributed by atoms with Gasteiger partial charge in [0.1, 0.15) is 5.65 Å². The highest BCUT2D eigenvalue weighted by molar-refractivity contribution is 5.88. The summed E-state index contributed by atoms with van der Waals surface area (Å²) in [5.74, 6) is -0.374. The van der Waals surface area contributed by atoms with Gasteiger partial charge in [0.15, 0.2) is 5.69 Å². The molecule has 2 aromatic rings. The maximum absolute atomic E-state index is 11.8. The second-order valence-electron chi connectivity index (χ2n) is 3.81. The van der Waals surface area contributed by atoms with Crippen molar-refractivity contribution in [2.75, 3.05) is 13.2 Å². The van der Waals surface area contributed by atoms with Crippen molar-refractivity contribution in [2.24, 2.45) is 0 Å². The van der Waals surface area contributed by atoms with Crippen LogP contribution in [0.4, 0.5) is 0 Å². The maximum Gasteiger partial charge on any atom is 0.356 e. The highest BCUT2D eigenvalue weighted by Crippen LogP contribution is 2.11. The van der Waals surface area contributed by atoms with E-state index in [0.29, 0.717) is 24.6 Å². The summed E-state index contributed by atoms with van der Waals surface area (Å²) in [6.07, 6.45) is 6.80. The zero-order valence-electron chi connectivity index (χ0n) is 11.0. The van der Waals surface area contributed by atoms with Crippen LogP contribution in [0.25, 0.3) is 11.7 Å². The maximum atomic E-state index is 11.8. The van der Waals surface area contributed by atoms with E-state index in [1.807, 2.05) is 31.3 Å². The quantitative estimate of drug-likeness (QED) is 0.612. The lowest BCUT2D eigenvalue weighted by Crippen LogP contribution is -2.07. The molecule has 0 radical (unpaired) electrons. The molecule has 100 valence electrons. The lowest BCUT2D eigenvalue weighted by atomic mass is 10.3. The van der Waals surface area contributed by atoms with Gasteiger partial charge in [-0.25, -0.2) is 9.78 Å². The Hall–Kier alpha value is -2.30. The van der Waals surface area contributed by atoms with E-state index in [9.17, 15) is 4.79 Å². The van der Waals surface area contributed by atoms with Crippen LogP contribution in [-0.2, 0) is 9.47 Å². The summed E-state index contributed by atoms with van der Waals surface area (Å²) in [7, 11) is 0. The standard InChI is InChI=1S/C14H16N2O3/c1-3-18-8-7-11-5-6-13-15-9-12(16(13)10-11)14(17)19-4-2/h5-10H,3-4H2,1-2H3/b8-7+. The van der Waals surface area contributed by atoms with Gasteiger partial charge in [0, 0.05) is 6.20 Å². The third-order valence-electron chi connectivity index (χ3n) is 2.54. The van der Waals surface area contributed by atoms with Gasteiger partial charge in [-0.15, -0.1) is 0 Å². The summed E-state index contributed by atoms with van der Waals surface area (Å²) in [5.41, 5.74) is 2.05. The number of nitrogens with zero attached hydrogens (tertiary/aromatic N) is 2. The van der Waals surface area contributed by atoms with E-state index in [2.05, 4.69) is 4.98 Å². The summed E-state index contributed by atoms with van der Waals surface area (Å²) < 4.78 is 11.9. The number of imidazole rings is 1. The summed E-state index contributed by atoms with van der Waals surface area (Å²) in [5, 5.41) is 0. The van der Waals surface area contributed by atoms with E-state index in [0.717, 1.165) is 5.56 Å². The smallest absolute Gasteiger partial charge is 0.356 e. The first-order valence-electron chi connectivity index (χ1n) is 6.18. The molecule has 0 aliphatic heterocycles. The average molecular weight is 260 g/mol. The fraction of sp³-hybridized carbons (Fsp3) is 0.286. The Balaban J connectivity index is 2.34. The highest BCUT2D eigenvalue weighted by Gasteiger charge is 2.12. The predicted molar refractivity (Wildman–Crippen MR) is 71.8 cm³/mol. The zero-order valence-corrected chi connectivity index (χ0v) is 11.0. The first-order chi connectivity index (χ1) is 9.26. The van der Waals surface area contributed by atoms with Gasteiger partial charge in [0.2, 0.25) is 0 Å². The third kappa shape index (κ3) is 2.93. The number of esters is 1. The number of hydrogen-bond acceptors (Lipinski definition) is 4. The summed E-state index contributed by atoms with van der Waals surface area (Å²) in [6.45, 7) is 4.66. The molecule has 0 amide bonds. The summed E-state index contributed by atoms with van der Waals surface area (Å²) >= 11 is 0. The third-order valence-corrected chi connectivity index (χ3v) is 2.54. The Bertz CT molecular complexity index is 602. The molecule has 0 bridgehead atoms. The van der Waals surface area contributed by atoms with Crippen molar-refractivity contribution in [3.8, 4) is 0 Å². The molecule has 2 rings (SSSR count). The molecule has 0 saturated heterocycles. The van der Waals surface area contributed by atoms with Crippen LogP contribution in [0, 0.1) is 0 Å². The molecule has 2 heterocycles. The highest BCUT2D eigenvalue weighted by atomic mass is 16.5. The van der Waals surface area contributed by atoms with E-state index in [4.69, 9.17) is 9.47 Å². The van der Waals surface area contributed by atoms with Crippen molar-refractivity contribution in [1.29, 1.82) is 0 Å². The Morgan fingerprint density at radius 1 is 1.37 bits per heavy atom. The van der Waals surface area contributed by atoms with E-state index < -0.39 is 0 Å². The monoisotopic (exact) mass is 260 g/mol. The molecule has 0 aromatic carbocycles. The number of fused-ring (bicyclic) bond motifs is 1. The van der Waals surface area contributed by atoms with Crippen molar-refractivity contribution < 1.29 is 14.3 Å². The number of pyridine rings is 1. The molecule has 2 aromatic heterocycles. The molecule has 5 nitrogen and oxygen atoms in total.